The quantitative estimate of drug-likeness (QED) is 0.478. The Hall–Kier alpha value is -0.0500. The van der Waals surface area contributed by atoms with Crippen LogP contribution >= 0.6 is 34.8 Å². The summed E-state index contributed by atoms with van der Waals surface area (Å²) in [6, 6.07) is 2.87. The molecule has 0 saturated carbocycles. The largest absolute Gasteiger partial charge is 0.228 e. The highest BCUT2D eigenvalue weighted by Crippen LogP contribution is 2.38. The summed E-state index contributed by atoms with van der Waals surface area (Å²) in [4.78, 5) is 3.33. The minimum atomic E-state index is -1.74. The van der Waals surface area contributed by atoms with Gasteiger partial charge in [-0.3, -0.25) is 0 Å². The lowest BCUT2D eigenvalue weighted by Crippen LogP contribution is -2.04. The lowest BCUT2D eigenvalue weighted by molar-refractivity contribution is 0.569. The molecule has 0 aliphatic heterocycles. The van der Waals surface area contributed by atoms with Crippen molar-refractivity contribution in [1.29, 1.82) is 0 Å². The number of aromatic nitrogens is 1. The second kappa shape index (κ2) is 3.13. The number of pyridine rings is 1. The zero-order valence-electron chi connectivity index (χ0n) is 5.19. The number of hydrogen-bond donors (Lipinski definition) is 0. The van der Waals surface area contributed by atoms with E-state index >= 15 is 0 Å². The Morgan fingerprint density at radius 3 is 2.36 bits per heavy atom. The second-order valence-corrected chi connectivity index (χ2v) is 4.12. The first-order chi connectivity index (χ1) is 5.02. The molecule has 0 N–H and O–H groups in total. The average molecular weight is 214 g/mol. The summed E-state index contributed by atoms with van der Waals surface area (Å²) >= 11 is 16.2. The maximum absolute atomic E-state index is 12.7. The van der Waals surface area contributed by atoms with Gasteiger partial charge in [-0.2, -0.15) is 4.39 Å². The van der Waals surface area contributed by atoms with E-state index in [1.165, 1.54) is 18.3 Å². The Bertz CT molecular complexity index is 258. The van der Waals surface area contributed by atoms with E-state index in [2.05, 4.69) is 4.98 Å². The van der Waals surface area contributed by atoms with E-state index in [0.29, 0.717) is 0 Å². The van der Waals surface area contributed by atoms with Crippen molar-refractivity contribution in [2.75, 3.05) is 0 Å². The molecule has 0 bridgehead atoms. The summed E-state index contributed by atoms with van der Waals surface area (Å²) < 4.78 is 11.0. The molecule has 0 saturated heterocycles. The van der Waals surface area contributed by atoms with Crippen LogP contribution in [-0.4, -0.2) is 4.98 Å². The Labute approximate surface area is 78.1 Å². The first kappa shape index (κ1) is 9.04. The van der Waals surface area contributed by atoms with Crippen LogP contribution < -0.4 is 0 Å². The molecule has 0 unspecified atom stereocenters. The van der Waals surface area contributed by atoms with Crippen molar-refractivity contribution in [1.82, 2.24) is 4.98 Å². The molecule has 1 rings (SSSR count). The van der Waals surface area contributed by atoms with Gasteiger partial charge in [0.1, 0.15) is 0 Å². The van der Waals surface area contributed by atoms with E-state index in [0.717, 1.165) is 0 Å². The number of nitrogens with zero attached hydrogens (tertiary/aromatic N) is 1. The van der Waals surface area contributed by atoms with Crippen LogP contribution in [0, 0.1) is 5.95 Å². The summed E-state index contributed by atoms with van der Waals surface area (Å²) in [5, 5.41) is 0. The fourth-order valence-electron chi connectivity index (χ4n) is 0.597. The lowest BCUT2D eigenvalue weighted by Gasteiger charge is -2.09. The topological polar surface area (TPSA) is 12.9 Å². The summed E-state index contributed by atoms with van der Waals surface area (Å²) in [6.07, 6.45) is 1.29. The fourth-order valence-corrected chi connectivity index (χ4v) is 1.02. The molecule has 1 nitrogen and oxygen atoms in total. The van der Waals surface area contributed by atoms with Gasteiger partial charge in [0, 0.05) is 6.20 Å². The number of hydrogen-bond acceptors (Lipinski definition) is 1. The molecule has 0 aliphatic carbocycles. The van der Waals surface area contributed by atoms with Crippen molar-refractivity contribution in [3.63, 3.8) is 0 Å². The molecule has 0 atom stereocenters. The van der Waals surface area contributed by atoms with Crippen LogP contribution in [0.15, 0.2) is 18.3 Å². The molecule has 1 aromatic heterocycles. The van der Waals surface area contributed by atoms with Crippen molar-refractivity contribution >= 4 is 34.8 Å². The van der Waals surface area contributed by atoms with Crippen LogP contribution in [0.1, 0.15) is 5.56 Å². The smallest absolute Gasteiger partial charge is 0.220 e. The van der Waals surface area contributed by atoms with Gasteiger partial charge in [0.2, 0.25) is 9.74 Å². The number of halogens is 4. The summed E-state index contributed by atoms with van der Waals surface area (Å²) in [6.45, 7) is 0. The molecule has 5 heteroatoms. The molecule has 0 spiro atoms. The first-order valence-electron chi connectivity index (χ1n) is 2.69. The van der Waals surface area contributed by atoms with Gasteiger partial charge in [-0.25, -0.2) is 4.98 Å². The second-order valence-electron chi connectivity index (χ2n) is 1.84. The van der Waals surface area contributed by atoms with E-state index in [1.807, 2.05) is 0 Å². The van der Waals surface area contributed by atoms with Crippen LogP contribution in [0.4, 0.5) is 4.39 Å². The standard InChI is InChI=1S/C6H3Cl3FN/c7-6(8,9)4-2-1-3-11-5(4)10/h1-3H. The van der Waals surface area contributed by atoms with Gasteiger partial charge in [-0.1, -0.05) is 34.8 Å². The lowest BCUT2D eigenvalue weighted by atomic mass is 10.3. The molecule has 11 heavy (non-hydrogen) atoms. The average Bonchev–Trinajstić information content (AvgIpc) is 1.86. The molecule has 0 aliphatic rings. The zero-order chi connectivity index (χ0) is 8.48. The predicted molar refractivity (Wildman–Crippen MR) is 43.4 cm³/mol. The van der Waals surface area contributed by atoms with Gasteiger partial charge in [-0.05, 0) is 12.1 Å². The Morgan fingerprint density at radius 2 is 2.00 bits per heavy atom. The molecule has 0 amide bonds. The van der Waals surface area contributed by atoms with Crippen molar-refractivity contribution in [3.05, 3.63) is 29.8 Å². The summed E-state index contributed by atoms with van der Waals surface area (Å²) in [7, 11) is 0. The predicted octanol–water partition coefficient (Wildman–Crippen LogP) is 3.05. The SMILES string of the molecule is Fc1ncccc1C(Cl)(Cl)Cl. The van der Waals surface area contributed by atoms with Crippen molar-refractivity contribution in [2.24, 2.45) is 0 Å². The van der Waals surface area contributed by atoms with Crippen molar-refractivity contribution < 1.29 is 4.39 Å². The fraction of sp³-hybridized carbons (Fsp3) is 0.167. The van der Waals surface area contributed by atoms with Crippen LogP contribution in [0.25, 0.3) is 0 Å². The van der Waals surface area contributed by atoms with E-state index in [9.17, 15) is 4.39 Å². The van der Waals surface area contributed by atoms with Crippen LogP contribution in [-0.2, 0) is 3.79 Å². The molecule has 60 valence electrons. The van der Waals surface area contributed by atoms with Gasteiger partial charge in [0.15, 0.2) is 0 Å². The molecular formula is C6H3Cl3FN. The Balaban J connectivity index is 3.14. The van der Waals surface area contributed by atoms with Crippen LogP contribution in [0.2, 0.25) is 0 Å². The molecule has 0 fully saturated rings. The molecular weight excluding hydrogens is 211 g/mol. The van der Waals surface area contributed by atoms with E-state index < -0.39 is 9.74 Å². The molecule has 1 heterocycles. The maximum Gasteiger partial charge on any atom is 0.220 e. The minimum absolute atomic E-state index is 0.0370. The monoisotopic (exact) mass is 213 g/mol. The highest BCUT2D eigenvalue weighted by Gasteiger charge is 2.26. The van der Waals surface area contributed by atoms with Crippen molar-refractivity contribution in [2.45, 2.75) is 3.79 Å². The molecule has 1 aromatic rings. The van der Waals surface area contributed by atoms with Crippen molar-refractivity contribution in [3.8, 4) is 0 Å². The van der Waals surface area contributed by atoms with E-state index in [4.69, 9.17) is 34.8 Å². The minimum Gasteiger partial charge on any atom is -0.228 e. The molecule has 0 radical (unpaired) electrons. The number of rotatable bonds is 0. The Kier molecular flexibility index (Phi) is 2.58. The normalized spacial score (nSPS) is 11.6. The highest BCUT2D eigenvalue weighted by molar-refractivity contribution is 6.66. The van der Waals surface area contributed by atoms with Crippen LogP contribution in [0.5, 0.6) is 0 Å². The third-order valence-electron chi connectivity index (χ3n) is 1.06. The summed E-state index contributed by atoms with van der Waals surface area (Å²) in [5.74, 6) is -0.757. The van der Waals surface area contributed by atoms with Gasteiger partial charge < -0.3 is 0 Å². The number of alkyl halides is 3. The third kappa shape index (κ3) is 2.19. The van der Waals surface area contributed by atoms with Gasteiger partial charge in [0.05, 0.1) is 5.56 Å². The highest BCUT2D eigenvalue weighted by atomic mass is 35.6. The van der Waals surface area contributed by atoms with Crippen LogP contribution in [0.3, 0.4) is 0 Å². The zero-order valence-corrected chi connectivity index (χ0v) is 7.46. The Morgan fingerprint density at radius 1 is 1.36 bits per heavy atom. The van der Waals surface area contributed by atoms with E-state index in [-0.39, 0.29) is 5.56 Å². The van der Waals surface area contributed by atoms with E-state index in [1.54, 1.807) is 0 Å². The van der Waals surface area contributed by atoms with Gasteiger partial charge >= 0.3 is 0 Å². The van der Waals surface area contributed by atoms with Gasteiger partial charge in [-0.15, -0.1) is 0 Å². The van der Waals surface area contributed by atoms with Gasteiger partial charge in [0.25, 0.3) is 0 Å². The third-order valence-corrected chi connectivity index (χ3v) is 1.68. The maximum atomic E-state index is 12.7. The molecule has 0 aromatic carbocycles. The summed E-state index contributed by atoms with van der Waals surface area (Å²) in [5.41, 5.74) is -0.0370. The first-order valence-corrected chi connectivity index (χ1v) is 3.83.